The molecular formula is C19H17BrN2O3. The largest absolute Gasteiger partial charge is 0.488 e. The first kappa shape index (κ1) is 17.2. The summed E-state index contributed by atoms with van der Waals surface area (Å²) in [6, 6.07) is 13.2. The van der Waals surface area contributed by atoms with Gasteiger partial charge in [-0.3, -0.25) is 9.69 Å². The van der Waals surface area contributed by atoms with Crippen molar-refractivity contribution in [2.45, 2.75) is 13.5 Å². The Hall–Kier alpha value is -2.60. The third kappa shape index (κ3) is 3.91. The van der Waals surface area contributed by atoms with Gasteiger partial charge in [-0.05, 0) is 36.8 Å². The second-order valence-corrected chi connectivity index (χ2v) is 6.73. The molecule has 0 unspecified atom stereocenters. The summed E-state index contributed by atoms with van der Waals surface area (Å²) in [7, 11) is 1.44. The Morgan fingerprint density at radius 3 is 2.68 bits per heavy atom. The Bertz CT molecular complexity index is 877. The maximum Gasteiger partial charge on any atom is 0.328 e. The minimum absolute atomic E-state index is 0.228. The Kier molecular flexibility index (Phi) is 4.90. The third-order valence-electron chi connectivity index (χ3n) is 3.83. The zero-order valence-corrected chi connectivity index (χ0v) is 15.5. The van der Waals surface area contributed by atoms with Crippen LogP contribution in [0.4, 0.5) is 4.79 Å². The topological polar surface area (TPSA) is 58.6 Å². The molecule has 0 aromatic heterocycles. The number of imide groups is 1. The van der Waals surface area contributed by atoms with Gasteiger partial charge in [0.1, 0.15) is 18.1 Å². The molecule has 0 aliphatic carbocycles. The van der Waals surface area contributed by atoms with E-state index in [2.05, 4.69) is 27.3 Å². The number of aryl methyl sites for hydroxylation is 1. The monoisotopic (exact) mass is 400 g/mol. The van der Waals surface area contributed by atoms with Gasteiger partial charge >= 0.3 is 6.03 Å². The van der Waals surface area contributed by atoms with Gasteiger partial charge in [0, 0.05) is 17.1 Å². The lowest BCUT2D eigenvalue weighted by molar-refractivity contribution is -0.121. The van der Waals surface area contributed by atoms with Crippen molar-refractivity contribution < 1.29 is 14.3 Å². The summed E-state index contributed by atoms with van der Waals surface area (Å²) in [5.74, 6) is 0.267. The quantitative estimate of drug-likeness (QED) is 0.625. The number of likely N-dealkylation sites (N-methyl/N-ethyl adjacent to an activating group) is 1. The van der Waals surface area contributed by atoms with Gasteiger partial charge in [0.25, 0.3) is 5.91 Å². The lowest BCUT2D eigenvalue weighted by atomic mass is 10.1. The fraction of sp³-hybridized carbons (Fsp3) is 0.158. The number of urea groups is 1. The molecule has 0 spiro atoms. The number of carbonyl (C=O) groups is 2. The van der Waals surface area contributed by atoms with Crippen LogP contribution in [0, 0.1) is 6.92 Å². The van der Waals surface area contributed by atoms with Crippen LogP contribution >= 0.6 is 15.9 Å². The van der Waals surface area contributed by atoms with Crippen LogP contribution in [0.2, 0.25) is 0 Å². The van der Waals surface area contributed by atoms with Crippen molar-refractivity contribution in [2.24, 2.45) is 0 Å². The van der Waals surface area contributed by atoms with Gasteiger partial charge < -0.3 is 10.1 Å². The van der Waals surface area contributed by atoms with Crippen LogP contribution in [0.5, 0.6) is 5.75 Å². The molecule has 25 heavy (non-hydrogen) atoms. The first-order chi connectivity index (χ1) is 11.9. The second-order valence-electron chi connectivity index (χ2n) is 5.81. The van der Waals surface area contributed by atoms with E-state index >= 15 is 0 Å². The van der Waals surface area contributed by atoms with E-state index in [1.54, 1.807) is 6.08 Å². The zero-order valence-electron chi connectivity index (χ0n) is 13.9. The molecule has 5 nitrogen and oxygen atoms in total. The molecule has 1 heterocycles. The van der Waals surface area contributed by atoms with Crippen LogP contribution in [0.15, 0.2) is 52.6 Å². The standard InChI is InChI=1S/C19H17BrN2O3/c1-12-4-3-5-13(8-12)11-25-17-7-6-15(20)9-14(17)10-16-18(23)22(2)19(24)21-16/h3-10H,11H2,1-2H3,(H,21,24). The number of carbonyl (C=O) groups excluding carboxylic acids is 2. The van der Waals surface area contributed by atoms with Gasteiger partial charge in [-0.2, -0.15) is 0 Å². The second kappa shape index (κ2) is 7.11. The highest BCUT2D eigenvalue weighted by Crippen LogP contribution is 2.27. The van der Waals surface area contributed by atoms with Gasteiger partial charge in [-0.1, -0.05) is 45.8 Å². The third-order valence-corrected chi connectivity index (χ3v) is 4.32. The molecule has 3 rings (SSSR count). The number of hydrogen-bond acceptors (Lipinski definition) is 3. The summed E-state index contributed by atoms with van der Waals surface area (Å²) in [4.78, 5) is 24.7. The van der Waals surface area contributed by atoms with Gasteiger partial charge in [-0.25, -0.2) is 4.79 Å². The van der Waals surface area contributed by atoms with Crippen molar-refractivity contribution >= 4 is 33.9 Å². The minimum atomic E-state index is -0.437. The van der Waals surface area contributed by atoms with Crippen molar-refractivity contribution in [3.8, 4) is 5.75 Å². The minimum Gasteiger partial charge on any atom is -0.488 e. The first-order valence-corrected chi connectivity index (χ1v) is 8.52. The van der Waals surface area contributed by atoms with Crippen molar-refractivity contribution in [1.29, 1.82) is 0 Å². The molecule has 1 fully saturated rings. The molecule has 0 radical (unpaired) electrons. The van der Waals surface area contributed by atoms with Crippen molar-refractivity contribution in [2.75, 3.05) is 7.05 Å². The molecule has 1 N–H and O–H groups in total. The molecule has 0 atom stereocenters. The summed E-state index contributed by atoms with van der Waals surface area (Å²) in [6.45, 7) is 2.45. The first-order valence-electron chi connectivity index (χ1n) is 7.72. The van der Waals surface area contributed by atoms with Crippen molar-refractivity contribution in [3.63, 3.8) is 0 Å². The van der Waals surface area contributed by atoms with Crippen LogP contribution in [-0.4, -0.2) is 23.9 Å². The SMILES string of the molecule is Cc1cccc(COc2ccc(Br)cc2C=C2NC(=O)N(C)C2=O)c1. The lowest BCUT2D eigenvalue weighted by Gasteiger charge is -2.11. The fourth-order valence-electron chi connectivity index (χ4n) is 2.51. The number of benzene rings is 2. The van der Waals surface area contributed by atoms with E-state index in [-0.39, 0.29) is 11.6 Å². The number of hydrogen-bond donors (Lipinski definition) is 1. The summed E-state index contributed by atoms with van der Waals surface area (Å²) < 4.78 is 6.78. The van der Waals surface area contributed by atoms with E-state index < -0.39 is 6.03 Å². The van der Waals surface area contributed by atoms with Gasteiger partial charge in [-0.15, -0.1) is 0 Å². The molecule has 3 amide bonds. The Morgan fingerprint density at radius 1 is 1.20 bits per heavy atom. The van der Waals surface area contributed by atoms with Crippen molar-refractivity contribution in [3.05, 3.63) is 69.3 Å². The molecule has 1 saturated heterocycles. The number of amides is 3. The number of nitrogens with one attached hydrogen (secondary N) is 1. The van der Waals surface area contributed by atoms with Gasteiger partial charge in [0.05, 0.1) is 0 Å². The molecule has 0 saturated carbocycles. The average molecular weight is 401 g/mol. The molecule has 1 aliphatic rings. The van der Waals surface area contributed by atoms with Crippen LogP contribution in [0.1, 0.15) is 16.7 Å². The van der Waals surface area contributed by atoms with Crippen LogP contribution in [0.25, 0.3) is 6.08 Å². The van der Waals surface area contributed by atoms with E-state index in [0.717, 1.165) is 14.9 Å². The van der Waals surface area contributed by atoms with Gasteiger partial charge in [0.2, 0.25) is 0 Å². The maximum absolute atomic E-state index is 12.1. The Morgan fingerprint density at radius 2 is 2.00 bits per heavy atom. The molecule has 128 valence electrons. The van der Waals surface area contributed by atoms with E-state index in [0.29, 0.717) is 17.9 Å². The molecular weight excluding hydrogens is 384 g/mol. The van der Waals surface area contributed by atoms with Crippen LogP contribution < -0.4 is 10.1 Å². The number of rotatable bonds is 4. The highest BCUT2D eigenvalue weighted by molar-refractivity contribution is 9.10. The van der Waals surface area contributed by atoms with Gasteiger partial charge in [0.15, 0.2) is 0 Å². The van der Waals surface area contributed by atoms with Crippen LogP contribution in [-0.2, 0) is 11.4 Å². The van der Waals surface area contributed by atoms with E-state index in [1.807, 2.05) is 43.3 Å². The van der Waals surface area contributed by atoms with E-state index in [9.17, 15) is 9.59 Å². The summed E-state index contributed by atoms with van der Waals surface area (Å²) in [5.41, 5.74) is 3.17. The smallest absolute Gasteiger partial charge is 0.328 e. The number of ether oxygens (including phenoxy) is 1. The average Bonchev–Trinajstić information content (AvgIpc) is 2.81. The summed E-state index contributed by atoms with van der Waals surface area (Å²) in [5, 5.41) is 2.56. The Labute approximate surface area is 154 Å². The highest BCUT2D eigenvalue weighted by Gasteiger charge is 2.30. The number of halogens is 1. The highest BCUT2D eigenvalue weighted by atomic mass is 79.9. The predicted octanol–water partition coefficient (Wildman–Crippen LogP) is 3.86. The molecule has 1 aliphatic heterocycles. The summed E-state index contributed by atoms with van der Waals surface area (Å²) in [6.07, 6.45) is 1.63. The lowest BCUT2D eigenvalue weighted by Crippen LogP contribution is -2.25. The van der Waals surface area contributed by atoms with E-state index in [1.165, 1.54) is 12.6 Å². The molecule has 0 bridgehead atoms. The van der Waals surface area contributed by atoms with E-state index in [4.69, 9.17) is 4.74 Å². The normalized spacial score (nSPS) is 15.6. The fourth-order valence-corrected chi connectivity index (χ4v) is 2.88. The zero-order chi connectivity index (χ0) is 18.0. The molecule has 2 aromatic rings. The molecule has 2 aromatic carbocycles. The number of nitrogens with zero attached hydrogens (tertiary/aromatic N) is 1. The molecule has 6 heteroatoms. The van der Waals surface area contributed by atoms with Crippen LogP contribution in [0.3, 0.4) is 0 Å². The summed E-state index contributed by atoms with van der Waals surface area (Å²) >= 11 is 3.42. The van der Waals surface area contributed by atoms with Crippen molar-refractivity contribution in [1.82, 2.24) is 10.2 Å². The maximum atomic E-state index is 12.1. The predicted molar refractivity (Wildman–Crippen MR) is 98.9 cm³/mol. The Balaban J connectivity index is 1.86.